The number of carbonyl (C=O) groups is 3. The predicted molar refractivity (Wildman–Crippen MR) is 82.0 cm³/mol. The largest absolute Gasteiger partial charge is 0.481 e. The third-order valence-electron chi connectivity index (χ3n) is 3.26. The van der Waals surface area contributed by atoms with Gasteiger partial charge in [-0.3, -0.25) is 9.59 Å². The molecule has 1 rings (SSSR count). The van der Waals surface area contributed by atoms with Gasteiger partial charge in [0.25, 0.3) is 0 Å². The van der Waals surface area contributed by atoms with E-state index in [1.165, 1.54) is 4.90 Å². The number of esters is 1. The van der Waals surface area contributed by atoms with Crippen LogP contribution in [0.4, 0.5) is 4.79 Å². The van der Waals surface area contributed by atoms with Gasteiger partial charge in [0.15, 0.2) is 0 Å². The number of likely N-dealkylation sites (tertiary alicyclic amines) is 1. The summed E-state index contributed by atoms with van der Waals surface area (Å²) < 4.78 is 10.1. The minimum Gasteiger partial charge on any atom is -0.481 e. The average Bonchev–Trinajstić information content (AvgIpc) is 2.32. The van der Waals surface area contributed by atoms with Crippen LogP contribution in [0.25, 0.3) is 0 Å². The second-order valence-corrected chi connectivity index (χ2v) is 6.67. The van der Waals surface area contributed by atoms with Crippen molar-refractivity contribution in [2.75, 3.05) is 26.2 Å². The van der Waals surface area contributed by atoms with Crippen molar-refractivity contribution in [3.63, 3.8) is 0 Å². The molecule has 0 aromatic rings. The molecule has 132 valence electrons. The van der Waals surface area contributed by atoms with Crippen LogP contribution in [0, 0.1) is 0 Å². The van der Waals surface area contributed by atoms with E-state index in [0.717, 1.165) is 0 Å². The molecule has 0 aromatic heterocycles. The van der Waals surface area contributed by atoms with Crippen molar-refractivity contribution in [2.45, 2.75) is 51.7 Å². The van der Waals surface area contributed by atoms with Gasteiger partial charge < -0.3 is 24.8 Å². The molecule has 1 aliphatic heterocycles. The summed E-state index contributed by atoms with van der Waals surface area (Å²) in [6, 6.07) is 0. The summed E-state index contributed by atoms with van der Waals surface area (Å²) in [5.41, 5.74) is -1.32. The first-order chi connectivity index (χ1) is 10.6. The highest BCUT2D eigenvalue weighted by Crippen LogP contribution is 2.26. The molecule has 0 aliphatic carbocycles. The second kappa shape index (κ2) is 7.63. The van der Waals surface area contributed by atoms with Crippen molar-refractivity contribution in [3.8, 4) is 0 Å². The fraction of sp³-hybridized carbons (Fsp3) is 0.800. The van der Waals surface area contributed by atoms with Crippen LogP contribution in [0.5, 0.6) is 0 Å². The molecule has 0 aromatic carbocycles. The molecule has 0 unspecified atom stereocenters. The Morgan fingerprint density at radius 3 is 2.35 bits per heavy atom. The van der Waals surface area contributed by atoms with E-state index in [1.807, 2.05) is 0 Å². The first-order valence-electron chi connectivity index (χ1n) is 7.67. The van der Waals surface area contributed by atoms with Gasteiger partial charge in [-0.05, 0) is 27.7 Å². The van der Waals surface area contributed by atoms with Crippen molar-refractivity contribution in [3.05, 3.63) is 0 Å². The number of carboxylic acid groups (broad SMARTS) is 1. The number of nitrogens with zero attached hydrogens (tertiary/aromatic N) is 1. The Kier molecular flexibility index (Phi) is 6.37. The molecule has 8 heteroatoms. The van der Waals surface area contributed by atoms with Crippen LogP contribution in [0.2, 0.25) is 0 Å². The lowest BCUT2D eigenvalue weighted by Gasteiger charge is -2.49. The first-order valence-corrected chi connectivity index (χ1v) is 7.67. The van der Waals surface area contributed by atoms with E-state index in [1.54, 1.807) is 27.7 Å². The minimum absolute atomic E-state index is 0.130. The number of aliphatic carboxylic acids is 1. The summed E-state index contributed by atoms with van der Waals surface area (Å²) in [5, 5.41) is 12.1. The van der Waals surface area contributed by atoms with E-state index in [0.29, 0.717) is 13.2 Å². The lowest BCUT2D eigenvalue weighted by molar-refractivity contribution is -0.143. The second-order valence-electron chi connectivity index (χ2n) is 6.67. The van der Waals surface area contributed by atoms with Gasteiger partial charge in [-0.1, -0.05) is 0 Å². The number of rotatable bonds is 7. The summed E-state index contributed by atoms with van der Waals surface area (Å²) in [4.78, 5) is 35.8. The van der Waals surface area contributed by atoms with Crippen LogP contribution in [0.3, 0.4) is 0 Å². The number of nitrogens with one attached hydrogen (secondary N) is 1. The molecule has 2 N–H and O–H groups in total. The molecule has 0 radical (unpaired) electrons. The van der Waals surface area contributed by atoms with Gasteiger partial charge in [0.2, 0.25) is 0 Å². The van der Waals surface area contributed by atoms with Crippen molar-refractivity contribution >= 4 is 18.0 Å². The molecule has 1 amide bonds. The maximum Gasteiger partial charge on any atom is 0.410 e. The maximum absolute atomic E-state index is 11.9. The quantitative estimate of drug-likeness (QED) is 0.671. The number of carbonyl (C=O) groups excluding carboxylic acids is 2. The fourth-order valence-corrected chi connectivity index (χ4v) is 2.38. The third-order valence-corrected chi connectivity index (χ3v) is 3.26. The predicted octanol–water partition coefficient (Wildman–Crippen LogP) is 0.993. The van der Waals surface area contributed by atoms with Crippen LogP contribution in [-0.2, 0) is 19.1 Å². The average molecular weight is 330 g/mol. The monoisotopic (exact) mass is 330 g/mol. The van der Waals surface area contributed by atoms with E-state index in [4.69, 9.17) is 14.6 Å². The van der Waals surface area contributed by atoms with Crippen LogP contribution < -0.4 is 5.32 Å². The van der Waals surface area contributed by atoms with Crippen molar-refractivity contribution < 1.29 is 29.0 Å². The molecule has 0 saturated carbocycles. The van der Waals surface area contributed by atoms with Crippen LogP contribution in [-0.4, -0.2) is 65.4 Å². The Bertz CT molecular complexity index is 451. The summed E-state index contributed by atoms with van der Waals surface area (Å²) in [6.45, 7) is 8.11. The zero-order valence-corrected chi connectivity index (χ0v) is 14.2. The van der Waals surface area contributed by atoms with E-state index in [-0.39, 0.29) is 31.9 Å². The van der Waals surface area contributed by atoms with Crippen molar-refractivity contribution in [2.24, 2.45) is 0 Å². The van der Waals surface area contributed by atoms with Crippen molar-refractivity contribution in [1.82, 2.24) is 10.2 Å². The van der Waals surface area contributed by atoms with Crippen LogP contribution in [0.15, 0.2) is 0 Å². The zero-order chi connectivity index (χ0) is 17.7. The standard InChI is InChI=1S/C15H26N2O6/c1-5-22-12(20)6-7-16-15(8-11(18)19)9-17(10-15)13(21)23-14(2,3)4/h16H,5-10H2,1-4H3,(H,18,19). The molecule has 0 atom stereocenters. The molecule has 1 heterocycles. The van der Waals surface area contributed by atoms with E-state index in [2.05, 4.69) is 5.32 Å². The molecule has 8 nitrogen and oxygen atoms in total. The lowest BCUT2D eigenvalue weighted by Crippen LogP contribution is -2.71. The Hall–Kier alpha value is -1.83. The Balaban J connectivity index is 2.51. The highest BCUT2D eigenvalue weighted by Gasteiger charge is 2.47. The van der Waals surface area contributed by atoms with Gasteiger partial charge in [0.05, 0.1) is 25.0 Å². The van der Waals surface area contributed by atoms with Gasteiger partial charge >= 0.3 is 18.0 Å². The number of carboxylic acids is 1. The Morgan fingerprint density at radius 1 is 1.26 bits per heavy atom. The zero-order valence-electron chi connectivity index (χ0n) is 14.2. The summed E-state index contributed by atoms with van der Waals surface area (Å²) in [7, 11) is 0. The molecular formula is C15H26N2O6. The fourth-order valence-electron chi connectivity index (χ4n) is 2.38. The van der Waals surface area contributed by atoms with E-state index in [9.17, 15) is 14.4 Å². The van der Waals surface area contributed by atoms with Crippen LogP contribution in [0.1, 0.15) is 40.5 Å². The van der Waals surface area contributed by atoms with Gasteiger partial charge in [-0.25, -0.2) is 4.79 Å². The molecule has 1 aliphatic rings. The van der Waals surface area contributed by atoms with Crippen LogP contribution >= 0.6 is 0 Å². The summed E-state index contributed by atoms with van der Waals surface area (Å²) >= 11 is 0. The highest BCUT2D eigenvalue weighted by atomic mass is 16.6. The van der Waals surface area contributed by atoms with Gasteiger partial charge in [-0.2, -0.15) is 0 Å². The number of ether oxygens (including phenoxy) is 2. The molecule has 23 heavy (non-hydrogen) atoms. The Morgan fingerprint density at radius 2 is 1.87 bits per heavy atom. The molecular weight excluding hydrogens is 304 g/mol. The van der Waals surface area contributed by atoms with E-state index >= 15 is 0 Å². The first kappa shape index (κ1) is 19.2. The number of hydrogen-bond acceptors (Lipinski definition) is 6. The topological polar surface area (TPSA) is 105 Å². The maximum atomic E-state index is 11.9. The lowest BCUT2D eigenvalue weighted by atomic mass is 9.86. The minimum atomic E-state index is -0.961. The van der Waals surface area contributed by atoms with Gasteiger partial charge in [0.1, 0.15) is 5.60 Å². The smallest absolute Gasteiger partial charge is 0.410 e. The Labute approximate surface area is 136 Å². The summed E-state index contributed by atoms with van der Waals surface area (Å²) in [5.74, 6) is -1.30. The van der Waals surface area contributed by atoms with Crippen molar-refractivity contribution in [1.29, 1.82) is 0 Å². The van der Waals surface area contributed by atoms with E-state index < -0.39 is 23.2 Å². The number of hydrogen-bond donors (Lipinski definition) is 2. The highest BCUT2D eigenvalue weighted by molar-refractivity contribution is 5.73. The normalized spacial score (nSPS) is 16.4. The molecule has 0 bridgehead atoms. The van der Waals surface area contributed by atoms with Gasteiger partial charge in [0, 0.05) is 19.6 Å². The van der Waals surface area contributed by atoms with Gasteiger partial charge in [-0.15, -0.1) is 0 Å². The third kappa shape index (κ3) is 6.43. The SMILES string of the molecule is CCOC(=O)CCNC1(CC(=O)O)CN(C(=O)OC(C)(C)C)C1. The summed E-state index contributed by atoms with van der Waals surface area (Å²) in [6.07, 6.45) is -0.442. The molecule has 0 spiro atoms. The number of amides is 1. The molecule has 1 saturated heterocycles. The molecule has 1 fully saturated rings.